The minimum Gasteiger partial charge on any atom is -0.395 e. The van der Waals surface area contributed by atoms with Gasteiger partial charge >= 0.3 is 0 Å². The molecule has 0 saturated carbocycles. The van der Waals surface area contributed by atoms with E-state index in [1.54, 1.807) is 13.3 Å². The first kappa shape index (κ1) is 22.6. The number of aliphatic hydroxyl groups excluding tert-OH is 1. The molecule has 4 rings (SSSR count). The zero-order chi connectivity index (χ0) is 23.4. The molecule has 33 heavy (non-hydrogen) atoms. The van der Waals surface area contributed by atoms with Crippen molar-refractivity contribution >= 4 is 17.3 Å². The van der Waals surface area contributed by atoms with E-state index in [1.165, 1.54) is 0 Å². The van der Waals surface area contributed by atoms with Gasteiger partial charge in [-0.25, -0.2) is 9.97 Å². The quantitative estimate of drug-likeness (QED) is 0.450. The molecule has 170 valence electrons. The Morgan fingerprint density at radius 1 is 1.30 bits per heavy atom. The number of fused-ring (bicyclic) bond motifs is 1. The lowest BCUT2D eigenvalue weighted by molar-refractivity contribution is 0.195. The molecule has 0 aliphatic carbocycles. The normalized spacial score (nSPS) is 16.7. The maximum atomic E-state index is 9.96. The lowest BCUT2D eigenvalue weighted by atomic mass is 9.83. The number of rotatable bonds is 8. The van der Waals surface area contributed by atoms with Crippen LogP contribution < -0.4 is 10.6 Å². The Morgan fingerprint density at radius 3 is 2.91 bits per heavy atom. The van der Waals surface area contributed by atoms with Crippen LogP contribution in [-0.4, -0.2) is 46.9 Å². The summed E-state index contributed by atoms with van der Waals surface area (Å²) >= 11 is 0. The van der Waals surface area contributed by atoms with E-state index >= 15 is 0 Å². The van der Waals surface area contributed by atoms with Crippen molar-refractivity contribution in [2.24, 2.45) is 0 Å². The van der Waals surface area contributed by atoms with E-state index in [4.69, 9.17) is 9.72 Å². The van der Waals surface area contributed by atoms with Crippen molar-refractivity contribution in [3.63, 3.8) is 0 Å². The Kier molecular flexibility index (Phi) is 6.54. The Labute approximate surface area is 193 Å². The van der Waals surface area contributed by atoms with Gasteiger partial charge in [-0.15, -0.1) is 0 Å². The molecule has 3 N–H and O–H groups in total. The van der Waals surface area contributed by atoms with Crippen LogP contribution in [0.15, 0.2) is 36.7 Å². The maximum absolute atomic E-state index is 9.96. The molecule has 0 radical (unpaired) electrons. The molecule has 2 aromatic heterocycles. The molecule has 0 fully saturated rings. The van der Waals surface area contributed by atoms with Gasteiger partial charge in [-0.2, -0.15) is 5.26 Å². The predicted molar refractivity (Wildman–Crippen MR) is 128 cm³/mol. The summed E-state index contributed by atoms with van der Waals surface area (Å²) in [5, 5.41) is 26.2. The number of anilines is 3. The fourth-order valence-corrected chi connectivity index (χ4v) is 4.05. The second-order valence-electron chi connectivity index (χ2n) is 8.62. The Balaban J connectivity index is 1.67. The number of nitrogens with one attached hydrogen (secondary N) is 2. The highest BCUT2D eigenvalue weighted by Gasteiger charge is 2.35. The molecule has 0 bridgehead atoms. The number of nitriles is 1. The first-order valence-corrected chi connectivity index (χ1v) is 11.0. The van der Waals surface area contributed by atoms with Crippen LogP contribution in [0.3, 0.4) is 0 Å². The molecule has 1 aliphatic heterocycles. The molecule has 8 nitrogen and oxygen atoms in total. The van der Waals surface area contributed by atoms with E-state index in [0.29, 0.717) is 30.4 Å². The molecular formula is C25H28N6O2. The van der Waals surface area contributed by atoms with Gasteiger partial charge in [0.05, 0.1) is 34.9 Å². The van der Waals surface area contributed by atoms with E-state index in [1.807, 2.05) is 44.3 Å². The Bertz CT molecular complexity index is 1210. The van der Waals surface area contributed by atoms with Crippen LogP contribution in [0.5, 0.6) is 0 Å². The summed E-state index contributed by atoms with van der Waals surface area (Å²) in [5.41, 5.74) is 6.14. The second-order valence-corrected chi connectivity index (χ2v) is 8.62. The molecule has 1 aromatic carbocycles. The molecule has 3 heterocycles. The van der Waals surface area contributed by atoms with E-state index in [0.717, 1.165) is 46.6 Å². The van der Waals surface area contributed by atoms with Crippen LogP contribution in [0, 0.1) is 18.3 Å². The predicted octanol–water partition coefficient (Wildman–Crippen LogP) is 3.72. The van der Waals surface area contributed by atoms with Crippen molar-refractivity contribution in [2.45, 2.75) is 32.1 Å². The summed E-state index contributed by atoms with van der Waals surface area (Å²) in [5.74, 6) is 0.454. The highest BCUT2D eigenvalue weighted by Crippen LogP contribution is 2.41. The lowest BCUT2D eigenvalue weighted by Crippen LogP contribution is -2.28. The van der Waals surface area contributed by atoms with E-state index in [9.17, 15) is 10.4 Å². The van der Waals surface area contributed by atoms with Gasteiger partial charge in [0, 0.05) is 43.6 Å². The molecule has 0 amide bonds. The lowest BCUT2D eigenvalue weighted by Gasteiger charge is -2.21. The first-order chi connectivity index (χ1) is 16.0. The van der Waals surface area contributed by atoms with Crippen LogP contribution in [0.4, 0.5) is 17.3 Å². The fraction of sp³-hybridized carbons (Fsp3) is 0.360. The van der Waals surface area contributed by atoms with Crippen LogP contribution >= 0.6 is 0 Å². The van der Waals surface area contributed by atoms with E-state index < -0.39 is 5.41 Å². The van der Waals surface area contributed by atoms with Crippen molar-refractivity contribution in [1.29, 1.82) is 5.26 Å². The summed E-state index contributed by atoms with van der Waals surface area (Å²) < 4.78 is 5.17. The highest BCUT2D eigenvalue weighted by molar-refractivity contribution is 5.76. The molecule has 8 heteroatoms. The van der Waals surface area contributed by atoms with Crippen LogP contribution in [-0.2, 0) is 16.6 Å². The van der Waals surface area contributed by atoms with E-state index in [-0.39, 0.29) is 6.61 Å². The molecule has 0 saturated heterocycles. The summed E-state index contributed by atoms with van der Waals surface area (Å²) in [7, 11) is 1.69. The van der Waals surface area contributed by atoms with Crippen LogP contribution in [0.2, 0.25) is 0 Å². The van der Waals surface area contributed by atoms with Gasteiger partial charge in [0.15, 0.2) is 0 Å². The summed E-state index contributed by atoms with van der Waals surface area (Å²) in [6, 6.07) is 9.95. The van der Waals surface area contributed by atoms with Gasteiger partial charge in [0.2, 0.25) is 5.95 Å². The number of methoxy groups -OCH3 is 1. The monoisotopic (exact) mass is 444 g/mol. The zero-order valence-corrected chi connectivity index (χ0v) is 19.1. The van der Waals surface area contributed by atoms with Crippen molar-refractivity contribution < 1.29 is 9.84 Å². The molecule has 1 aliphatic rings. The number of pyridine rings is 1. The molecule has 3 aromatic rings. The fourth-order valence-electron chi connectivity index (χ4n) is 4.05. The SMILES string of the molecule is COCCCc1ncc(C)cc1Nc1nccc(-c2cc(C#N)c3c(c2)[C@@](C)(CO)CN3)n1. The summed E-state index contributed by atoms with van der Waals surface area (Å²) in [6.07, 6.45) is 5.19. The number of nitrogens with zero attached hydrogens (tertiary/aromatic N) is 4. The average Bonchev–Trinajstić information content (AvgIpc) is 3.17. The largest absolute Gasteiger partial charge is 0.395 e. The number of benzene rings is 1. The second kappa shape index (κ2) is 9.53. The maximum Gasteiger partial charge on any atom is 0.227 e. The Morgan fingerprint density at radius 2 is 2.15 bits per heavy atom. The number of ether oxygens (including phenoxy) is 1. The zero-order valence-electron chi connectivity index (χ0n) is 19.1. The third kappa shape index (κ3) is 4.65. The number of aliphatic hydroxyl groups is 1. The number of hydrogen-bond donors (Lipinski definition) is 3. The third-order valence-electron chi connectivity index (χ3n) is 5.98. The van der Waals surface area contributed by atoms with Gasteiger partial charge in [-0.05, 0) is 55.2 Å². The van der Waals surface area contributed by atoms with Gasteiger partial charge in [-0.1, -0.05) is 6.92 Å². The van der Waals surface area contributed by atoms with E-state index in [2.05, 4.69) is 26.7 Å². The summed E-state index contributed by atoms with van der Waals surface area (Å²) in [6.45, 7) is 5.22. The van der Waals surface area contributed by atoms with Crippen molar-refractivity contribution in [3.8, 4) is 17.3 Å². The summed E-state index contributed by atoms with van der Waals surface area (Å²) in [4.78, 5) is 13.7. The van der Waals surface area contributed by atoms with Crippen molar-refractivity contribution in [3.05, 3.63) is 59.0 Å². The average molecular weight is 445 g/mol. The highest BCUT2D eigenvalue weighted by atomic mass is 16.5. The minimum atomic E-state index is -0.449. The molecular weight excluding hydrogens is 416 g/mol. The smallest absolute Gasteiger partial charge is 0.227 e. The standard InChI is InChI=1S/C25H28N6O2/c1-16-9-22(21(28-13-16)5-4-8-33-3)31-24-27-7-6-20(30-24)17-10-18(12-26)23-19(11-17)25(2,15-32)14-29-23/h6-7,9-11,13,29,32H,4-5,8,14-15H2,1-3H3,(H,27,30,31)/t25-/m1/s1. The van der Waals surface area contributed by atoms with Gasteiger partial charge in [-0.3, -0.25) is 4.98 Å². The third-order valence-corrected chi connectivity index (χ3v) is 5.98. The van der Waals surface area contributed by atoms with Crippen LogP contribution in [0.25, 0.3) is 11.3 Å². The Hall–Kier alpha value is -3.54. The molecule has 1 atom stereocenters. The van der Waals surface area contributed by atoms with Crippen LogP contribution in [0.1, 0.15) is 35.7 Å². The van der Waals surface area contributed by atoms with Gasteiger partial charge in [0.25, 0.3) is 0 Å². The van der Waals surface area contributed by atoms with Crippen molar-refractivity contribution in [2.75, 3.05) is 37.5 Å². The number of aryl methyl sites for hydroxylation is 2. The first-order valence-electron chi connectivity index (χ1n) is 11.0. The van der Waals surface area contributed by atoms with Gasteiger partial charge in [0.1, 0.15) is 6.07 Å². The minimum absolute atomic E-state index is 0.00981. The number of aromatic nitrogens is 3. The van der Waals surface area contributed by atoms with Crippen molar-refractivity contribution in [1.82, 2.24) is 15.0 Å². The topological polar surface area (TPSA) is 116 Å². The molecule has 0 unspecified atom stereocenters. The van der Waals surface area contributed by atoms with Gasteiger partial charge < -0.3 is 20.5 Å². The number of hydrogen-bond acceptors (Lipinski definition) is 8. The molecule has 0 spiro atoms.